The van der Waals surface area contributed by atoms with Gasteiger partial charge in [-0.05, 0) is 49.6 Å². The highest BCUT2D eigenvalue weighted by atomic mass is 35.5. The Hall–Kier alpha value is -2.27. The number of benzene rings is 1. The summed E-state index contributed by atoms with van der Waals surface area (Å²) in [6.07, 6.45) is 3.79. The number of piperidine rings is 1. The molecule has 1 aliphatic heterocycles. The van der Waals surface area contributed by atoms with E-state index in [1.54, 1.807) is 6.07 Å². The Labute approximate surface area is 146 Å². The summed E-state index contributed by atoms with van der Waals surface area (Å²) >= 11 is 5.91. The fraction of sp³-hybridized carbons (Fsp3) is 0.333. The Kier molecular flexibility index (Phi) is 5.20. The van der Waals surface area contributed by atoms with Gasteiger partial charge in [-0.2, -0.15) is 0 Å². The van der Waals surface area contributed by atoms with Crippen molar-refractivity contribution < 1.29 is 9.53 Å². The van der Waals surface area contributed by atoms with Crippen LogP contribution in [0.1, 0.15) is 29.6 Å². The zero-order chi connectivity index (χ0) is 16.9. The maximum atomic E-state index is 12.4. The Bertz CT molecular complexity index is 713. The maximum Gasteiger partial charge on any atom is 0.255 e. The van der Waals surface area contributed by atoms with Crippen LogP contribution in [0.2, 0.25) is 5.15 Å². The van der Waals surface area contributed by atoms with Crippen LogP contribution < -0.4 is 15.0 Å². The van der Waals surface area contributed by atoms with Crippen molar-refractivity contribution in [2.75, 3.05) is 30.4 Å². The van der Waals surface area contributed by atoms with E-state index in [9.17, 15) is 4.79 Å². The molecule has 0 spiro atoms. The Morgan fingerprint density at radius 1 is 1.17 bits per heavy atom. The van der Waals surface area contributed by atoms with Gasteiger partial charge in [0.2, 0.25) is 5.88 Å². The van der Waals surface area contributed by atoms with Crippen molar-refractivity contribution in [2.45, 2.75) is 19.3 Å². The molecule has 1 aromatic heterocycles. The van der Waals surface area contributed by atoms with Crippen molar-refractivity contribution in [3.8, 4) is 5.88 Å². The van der Waals surface area contributed by atoms with Crippen LogP contribution in [0.5, 0.6) is 5.88 Å². The van der Waals surface area contributed by atoms with Crippen LogP contribution >= 0.6 is 11.6 Å². The number of hydrogen-bond acceptors (Lipinski definition) is 4. The fourth-order valence-electron chi connectivity index (χ4n) is 2.82. The highest BCUT2D eigenvalue weighted by Gasteiger charge is 2.12. The van der Waals surface area contributed by atoms with Crippen LogP contribution in [0.3, 0.4) is 0 Å². The number of aromatic nitrogens is 1. The number of nitrogens with zero attached hydrogens (tertiary/aromatic N) is 2. The van der Waals surface area contributed by atoms with Crippen LogP contribution in [-0.2, 0) is 0 Å². The molecule has 5 nitrogen and oxygen atoms in total. The van der Waals surface area contributed by atoms with Gasteiger partial charge in [0.1, 0.15) is 5.15 Å². The molecule has 2 aromatic rings. The Balaban J connectivity index is 1.69. The van der Waals surface area contributed by atoms with Gasteiger partial charge in [0.05, 0.1) is 7.11 Å². The van der Waals surface area contributed by atoms with Gasteiger partial charge >= 0.3 is 0 Å². The molecule has 126 valence electrons. The first kappa shape index (κ1) is 16.6. The molecule has 1 aliphatic rings. The maximum absolute atomic E-state index is 12.4. The first-order valence-corrected chi connectivity index (χ1v) is 8.41. The zero-order valence-corrected chi connectivity index (χ0v) is 14.3. The van der Waals surface area contributed by atoms with Crippen LogP contribution in [0, 0.1) is 0 Å². The second-order valence-electron chi connectivity index (χ2n) is 5.77. The van der Waals surface area contributed by atoms with E-state index in [1.165, 1.54) is 38.1 Å². The SMILES string of the molecule is COc1cc(C(=O)Nc2ccc(N3CCCCC3)cc2)cc(Cl)n1. The summed E-state index contributed by atoms with van der Waals surface area (Å²) in [5.41, 5.74) is 2.35. The van der Waals surface area contributed by atoms with Crippen molar-refractivity contribution in [3.05, 3.63) is 47.1 Å². The fourth-order valence-corrected chi connectivity index (χ4v) is 3.02. The van der Waals surface area contributed by atoms with Crippen LogP contribution in [0.15, 0.2) is 36.4 Å². The van der Waals surface area contributed by atoms with E-state index in [1.807, 2.05) is 24.3 Å². The molecule has 3 rings (SSSR count). The van der Waals surface area contributed by atoms with Gasteiger partial charge in [-0.25, -0.2) is 4.98 Å². The molecular formula is C18H20ClN3O2. The number of nitrogens with one attached hydrogen (secondary N) is 1. The molecule has 0 bridgehead atoms. The van der Waals surface area contributed by atoms with Gasteiger partial charge in [0, 0.05) is 36.1 Å². The number of ether oxygens (including phenoxy) is 1. The predicted octanol–water partition coefficient (Wildman–Crippen LogP) is 3.99. The minimum absolute atomic E-state index is 0.222. The Morgan fingerprint density at radius 3 is 2.54 bits per heavy atom. The summed E-state index contributed by atoms with van der Waals surface area (Å²) in [5.74, 6) is 0.0661. The number of amides is 1. The number of halogens is 1. The quantitative estimate of drug-likeness (QED) is 0.851. The van der Waals surface area contributed by atoms with Crippen LogP contribution in [-0.4, -0.2) is 31.1 Å². The summed E-state index contributed by atoms with van der Waals surface area (Å²) in [5, 5.41) is 3.09. The molecule has 1 fully saturated rings. The second kappa shape index (κ2) is 7.53. The molecule has 0 atom stereocenters. The number of carbonyl (C=O) groups is 1. The summed E-state index contributed by atoms with van der Waals surface area (Å²) in [7, 11) is 1.49. The zero-order valence-electron chi connectivity index (χ0n) is 13.6. The lowest BCUT2D eigenvalue weighted by atomic mass is 10.1. The van der Waals surface area contributed by atoms with E-state index in [0.29, 0.717) is 11.4 Å². The molecule has 1 amide bonds. The molecule has 0 radical (unpaired) electrons. The van der Waals surface area contributed by atoms with E-state index >= 15 is 0 Å². The Morgan fingerprint density at radius 2 is 1.88 bits per heavy atom. The lowest BCUT2D eigenvalue weighted by Gasteiger charge is -2.28. The number of rotatable bonds is 4. The van der Waals surface area contributed by atoms with Crippen molar-refractivity contribution in [2.24, 2.45) is 0 Å². The molecule has 6 heteroatoms. The van der Waals surface area contributed by atoms with Gasteiger partial charge in [0.25, 0.3) is 5.91 Å². The topological polar surface area (TPSA) is 54.5 Å². The van der Waals surface area contributed by atoms with E-state index in [0.717, 1.165) is 18.8 Å². The minimum atomic E-state index is -0.247. The predicted molar refractivity (Wildman–Crippen MR) is 96.3 cm³/mol. The standard InChI is InChI=1S/C18H20ClN3O2/c1-24-17-12-13(11-16(19)21-17)18(23)20-14-5-7-15(8-6-14)22-9-3-2-4-10-22/h5-8,11-12H,2-4,9-10H2,1H3,(H,20,23). The van der Waals surface area contributed by atoms with Gasteiger partial charge in [-0.1, -0.05) is 11.6 Å². The van der Waals surface area contributed by atoms with E-state index in [4.69, 9.17) is 16.3 Å². The van der Waals surface area contributed by atoms with Gasteiger partial charge in [0.15, 0.2) is 0 Å². The molecule has 2 heterocycles. The third-order valence-corrected chi connectivity index (χ3v) is 4.28. The van der Waals surface area contributed by atoms with Crippen molar-refractivity contribution in [3.63, 3.8) is 0 Å². The molecular weight excluding hydrogens is 326 g/mol. The third-order valence-electron chi connectivity index (χ3n) is 4.09. The molecule has 0 saturated carbocycles. The van der Waals surface area contributed by atoms with Crippen molar-refractivity contribution in [1.82, 2.24) is 4.98 Å². The molecule has 24 heavy (non-hydrogen) atoms. The normalized spacial score (nSPS) is 14.3. The smallest absolute Gasteiger partial charge is 0.255 e. The number of carbonyl (C=O) groups excluding carboxylic acids is 1. The van der Waals surface area contributed by atoms with E-state index < -0.39 is 0 Å². The van der Waals surface area contributed by atoms with E-state index in [-0.39, 0.29) is 11.1 Å². The lowest BCUT2D eigenvalue weighted by molar-refractivity contribution is 0.102. The summed E-state index contributed by atoms with van der Waals surface area (Å²) in [6, 6.07) is 11.0. The molecule has 0 aliphatic carbocycles. The number of methoxy groups -OCH3 is 1. The average Bonchev–Trinajstić information content (AvgIpc) is 2.62. The summed E-state index contributed by atoms with van der Waals surface area (Å²) in [6.45, 7) is 2.20. The van der Waals surface area contributed by atoms with Crippen molar-refractivity contribution in [1.29, 1.82) is 0 Å². The van der Waals surface area contributed by atoms with Gasteiger partial charge in [-0.3, -0.25) is 4.79 Å². The van der Waals surface area contributed by atoms with Crippen LogP contribution in [0.4, 0.5) is 11.4 Å². The van der Waals surface area contributed by atoms with E-state index in [2.05, 4.69) is 15.2 Å². The monoisotopic (exact) mass is 345 g/mol. The van der Waals surface area contributed by atoms with Gasteiger partial charge < -0.3 is 15.0 Å². The largest absolute Gasteiger partial charge is 0.481 e. The molecule has 0 unspecified atom stereocenters. The lowest BCUT2D eigenvalue weighted by Crippen LogP contribution is -2.29. The molecule has 1 N–H and O–H groups in total. The number of pyridine rings is 1. The highest BCUT2D eigenvalue weighted by molar-refractivity contribution is 6.30. The minimum Gasteiger partial charge on any atom is -0.481 e. The third kappa shape index (κ3) is 3.97. The summed E-state index contributed by atoms with van der Waals surface area (Å²) in [4.78, 5) is 18.7. The average molecular weight is 346 g/mol. The molecule has 1 saturated heterocycles. The first-order chi connectivity index (χ1) is 11.7. The van der Waals surface area contributed by atoms with Crippen molar-refractivity contribution >= 4 is 28.9 Å². The highest BCUT2D eigenvalue weighted by Crippen LogP contribution is 2.23. The van der Waals surface area contributed by atoms with Gasteiger partial charge in [-0.15, -0.1) is 0 Å². The molecule has 1 aromatic carbocycles. The first-order valence-electron chi connectivity index (χ1n) is 8.03. The second-order valence-corrected chi connectivity index (χ2v) is 6.16. The number of hydrogen-bond donors (Lipinski definition) is 1. The number of anilines is 2. The summed E-state index contributed by atoms with van der Waals surface area (Å²) < 4.78 is 5.04. The van der Waals surface area contributed by atoms with Crippen LogP contribution in [0.25, 0.3) is 0 Å².